The van der Waals surface area contributed by atoms with E-state index in [1.807, 2.05) is 18.2 Å². The second kappa shape index (κ2) is 9.26. The molecule has 1 aromatic carbocycles. The van der Waals surface area contributed by atoms with Gasteiger partial charge < -0.3 is 30.1 Å². The van der Waals surface area contributed by atoms with E-state index < -0.39 is 53.2 Å². The van der Waals surface area contributed by atoms with Gasteiger partial charge in [-0.3, -0.25) is 4.57 Å². The van der Waals surface area contributed by atoms with Crippen LogP contribution in [0.3, 0.4) is 0 Å². The van der Waals surface area contributed by atoms with E-state index >= 15 is 0 Å². The molecule has 17 heteroatoms. The third-order valence-electron chi connectivity index (χ3n) is 6.10. The van der Waals surface area contributed by atoms with Gasteiger partial charge in [-0.1, -0.05) is 29.5 Å². The van der Waals surface area contributed by atoms with Crippen molar-refractivity contribution in [2.45, 2.75) is 43.4 Å². The van der Waals surface area contributed by atoms with Crippen molar-refractivity contribution in [1.29, 1.82) is 0 Å². The highest BCUT2D eigenvalue weighted by molar-refractivity contribution is 7.97. The minimum atomic E-state index is -4.87. The Balaban J connectivity index is 1.42. The van der Waals surface area contributed by atoms with Gasteiger partial charge in [-0.05, 0) is 35.6 Å². The van der Waals surface area contributed by atoms with Crippen molar-refractivity contribution in [2.24, 2.45) is 0 Å². The maximum Gasteiger partial charge on any atom is 0.340 e. The van der Waals surface area contributed by atoms with E-state index in [2.05, 4.69) is 31.7 Å². The lowest BCUT2D eigenvalue weighted by molar-refractivity contribution is -0.0375. The summed E-state index contributed by atoms with van der Waals surface area (Å²) in [5, 5.41) is 32.2. The minimum Gasteiger partial charge on any atom is -0.387 e. The average Bonchev–Trinajstić information content (AvgIpc) is 3.45. The Hall–Kier alpha value is -2.23. The molecule has 3 heterocycles. The number of fused-ring (bicyclic) bond motifs is 2. The smallest absolute Gasteiger partial charge is 0.340 e. The molecule has 2 aliphatic rings. The molecule has 0 spiro atoms. The van der Waals surface area contributed by atoms with E-state index in [1.165, 1.54) is 5.56 Å². The quantitative estimate of drug-likeness (QED) is 0.192. The largest absolute Gasteiger partial charge is 0.387 e. The third-order valence-corrected chi connectivity index (χ3v) is 10.0. The zero-order valence-corrected chi connectivity index (χ0v) is 20.9. The monoisotopic (exact) mass is 560 g/mol. The topological polar surface area (TPSA) is 210 Å². The number of nitrogens with one attached hydrogen (secondary N) is 1. The number of halogens is 1. The molecule has 0 unspecified atom stereocenters. The van der Waals surface area contributed by atoms with E-state index in [0.29, 0.717) is 5.82 Å². The Morgan fingerprint density at radius 2 is 1.94 bits per heavy atom. The zero-order valence-electron chi connectivity index (χ0n) is 18.4. The molecule has 194 valence electrons. The summed E-state index contributed by atoms with van der Waals surface area (Å²) in [6.45, 7) is 0. The van der Waals surface area contributed by atoms with Crippen LogP contribution < -0.4 is 5.32 Å². The van der Waals surface area contributed by atoms with Crippen LogP contribution in [0.15, 0.2) is 24.3 Å². The first kappa shape index (κ1) is 25.4. The molecule has 5 N–H and O–H groups in total. The van der Waals surface area contributed by atoms with Crippen molar-refractivity contribution >= 4 is 46.0 Å². The summed E-state index contributed by atoms with van der Waals surface area (Å²) < 4.78 is 42.0. The number of rotatable bonds is 7. The SMILES string of the molecule is O=P(O)(O)CS(=O)(=O)C[C@H]1O[C@@H](n2nnc3c(N[C@H]4CCc5ccccc54)nc(Cl)nc32)[C@H](O)[C@@H]1O. The van der Waals surface area contributed by atoms with Gasteiger partial charge in [0.1, 0.15) is 18.3 Å². The molecular weight excluding hydrogens is 539 g/mol. The third kappa shape index (κ3) is 4.97. The number of aliphatic hydroxyl groups is 2. The lowest BCUT2D eigenvalue weighted by Crippen LogP contribution is -2.36. The molecular formula is C19H22ClN6O8PS. The first-order valence-electron chi connectivity index (χ1n) is 10.8. The number of sulfone groups is 1. The van der Waals surface area contributed by atoms with Crippen molar-refractivity contribution in [2.75, 3.05) is 16.6 Å². The summed E-state index contributed by atoms with van der Waals surface area (Å²) in [7, 11) is -9.20. The van der Waals surface area contributed by atoms with E-state index in [4.69, 9.17) is 26.1 Å². The fourth-order valence-electron chi connectivity index (χ4n) is 4.58. The Kier molecular flexibility index (Phi) is 6.54. The number of aryl methyl sites for hydroxylation is 1. The van der Waals surface area contributed by atoms with Crippen LogP contribution in [0.1, 0.15) is 29.8 Å². The maximum atomic E-state index is 12.2. The number of hydrogen-bond acceptors (Lipinski definition) is 11. The fourth-order valence-corrected chi connectivity index (χ4v) is 7.99. The minimum absolute atomic E-state index is 0.0562. The van der Waals surface area contributed by atoms with Crippen molar-refractivity contribution in [1.82, 2.24) is 25.0 Å². The predicted octanol–water partition coefficient (Wildman–Crippen LogP) is 0.143. The molecule has 5 atom stereocenters. The Morgan fingerprint density at radius 1 is 1.19 bits per heavy atom. The molecule has 5 rings (SSSR count). The molecule has 0 saturated carbocycles. The number of anilines is 1. The van der Waals surface area contributed by atoms with Gasteiger partial charge in [0.05, 0.1) is 11.8 Å². The Bertz CT molecular complexity index is 1470. The zero-order chi connectivity index (χ0) is 25.8. The lowest BCUT2D eigenvalue weighted by atomic mass is 10.1. The molecule has 1 aliphatic carbocycles. The fraction of sp³-hybridized carbons (Fsp3) is 0.474. The number of aliphatic hydroxyl groups excluding tert-OH is 2. The molecule has 3 aromatic rings. The summed E-state index contributed by atoms with van der Waals surface area (Å²) in [5.41, 5.74) is 1.20. The van der Waals surface area contributed by atoms with Crippen LogP contribution in [0.5, 0.6) is 0 Å². The summed E-state index contributed by atoms with van der Waals surface area (Å²) in [6.07, 6.45) is -4.51. The van der Waals surface area contributed by atoms with Gasteiger partial charge in [-0.25, -0.2) is 8.42 Å². The van der Waals surface area contributed by atoms with Gasteiger partial charge in [-0.2, -0.15) is 14.6 Å². The molecule has 0 amide bonds. The highest BCUT2D eigenvalue weighted by Crippen LogP contribution is 2.39. The maximum absolute atomic E-state index is 12.2. The summed E-state index contributed by atoms with van der Waals surface area (Å²) in [6, 6.07) is 7.92. The van der Waals surface area contributed by atoms with Crippen molar-refractivity contribution < 1.29 is 37.7 Å². The number of hydrogen-bond donors (Lipinski definition) is 5. The summed E-state index contributed by atoms with van der Waals surface area (Å²) >= 11 is 6.15. The van der Waals surface area contributed by atoms with Crippen LogP contribution in [0.2, 0.25) is 5.28 Å². The number of aromatic nitrogens is 5. The molecule has 0 bridgehead atoms. The van der Waals surface area contributed by atoms with E-state index in [-0.39, 0.29) is 22.5 Å². The summed E-state index contributed by atoms with van der Waals surface area (Å²) in [5.74, 6) is -0.630. The van der Waals surface area contributed by atoms with Gasteiger partial charge in [0.15, 0.2) is 38.5 Å². The van der Waals surface area contributed by atoms with Gasteiger partial charge in [0.2, 0.25) is 5.28 Å². The molecule has 1 fully saturated rings. The van der Waals surface area contributed by atoms with Crippen LogP contribution in [0.4, 0.5) is 5.82 Å². The lowest BCUT2D eigenvalue weighted by Gasteiger charge is -2.16. The van der Waals surface area contributed by atoms with Gasteiger partial charge >= 0.3 is 7.60 Å². The number of benzene rings is 1. The Morgan fingerprint density at radius 3 is 2.69 bits per heavy atom. The van der Waals surface area contributed by atoms with E-state index in [0.717, 1.165) is 23.1 Å². The molecule has 0 radical (unpaired) electrons. The highest BCUT2D eigenvalue weighted by Gasteiger charge is 2.47. The van der Waals surface area contributed by atoms with Gasteiger partial charge in [-0.15, -0.1) is 5.10 Å². The van der Waals surface area contributed by atoms with Crippen LogP contribution in [-0.4, -0.2) is 82.9 Å². The average molecular weight is 561 g/mol. The molecule has 2 aromatic heterocycles. The van der Waals surface area contributed by atoms with E-state index in [9.17, 15) is 23.2 Å². The second-order valence-electron chi connectivity index (χ2n) is 8.73. The van der Waals surface area contributed by atoms with Crippen LogP contribution >= 0.6 is 19.2 Å². The normalized spacial score (nSPS) is 26.4. The highest BCUT2D eigenvalue weighted by atomic mass is 35.5. The number of nitrogens with zero attached hydrogens (tertiary/aromatic N) is 5. The predicted molar refractivity (Wildman–Crippen MR) is 126 cm³/mol. The molecule has 1 aliphatic heterocycles. The molecule has 1 saturated heterocycles. The van der Waals surface area contributed by atoms with Gasteiger partial charge in [0.25, 0.3) is 0 Å². The van der Waals surface area contributed by atoms with E-state index in [1.54, 1.807) is 0 Å². The van der Waals surface area contributed by atoms with Crippen molar-refractivity contribution in [3.63, 3.8) is 0 Å². The first-order valence-corrected chi connectivity index (χ1v) is 14.8. The standard InChI is InChI=1S/C19H22ClN6O8PS/c20-19-22-16(21-11-6-5-9-3-1-2-4-10(9)11)13-17(23-19)26(25-24-13)18-15(28)14(27)12(34-18)7-36(32,33)8-35(29,30)31/h1-4,11-12,14-15,18,27-28H,5-8H2,(H,21,22,23)(H2,29,30,31)/t11-,12+,14+,15+,18+/m0/s1. The first-order chi connectivity index (χ1) is 16.9. The molecule has 14 nitrogen and oxygen atoms in total. The van der Waals surface area contributed by atoms with Crippen LogP contribution in [0.25, 0.3) is 11.2 Å². The Labute approximate surface area is 209 Å². The second-order valence-corrected chi connectivity index (χ2v) is 13.3. The summed E-state index contributed by atoms with van der Waals surface area (Å²) in [4.78, 5) is 26.4. The molecule has 36 heavy (non-hydrogen) atoms. The van der Waals surface area contributed by atoms with Crippen molar-refractivity contribution in [3.8, 4) is 0 Å². The van der Waals surface area contributed by atoms with Crippen molar-refractivity contribution in [3.05, 3.63) is 40.7 Å². The number of ether oxygens (including phenoxy) is 1. The van der Waals surface area contributed by atoms with Crippen LogP contribution in [-0.2, 0) is 25.6 Å². The van der Waals surface area contributed by atoms with Gasteiger partial charge in [0, 0.05) is 0 Å². The van der Waals surface area contributed by atoms with Crippen LogP contribution in [0, 0.1) is 0 Å².